The first kappa shape index (κ1) is 13.1. The van der Waals surface area contributed by atoms with Crippen molar-refractivity contribution in [3.8, 4) is 0 Å². The van der Waals surface area contributed by atoms with Crippen LogP contribution in [0, 0.1) is 5.92 Å². The SMILES string of the molecule is CCN1CCC(Cc2cn3c(n2)CCC(O)C3)CC1. The lowest BCUT2D eigenvalue weighted by molar-refractivity contribution is 0.130. The Labute approximate surface area is 115 Å². The molecule has 1 aromatic heterocycles. The van der Waals surface area contributed by atoms with E-state index < -0.39 is 0 Å². The first-order valence-corrected chi connectivity index (χ1v) is 7.70. The Hall–Kier alpha value is -0.870. The van der Waals surface area contributed by atoms with Gasteiger partial charge in [0.2, 0.25) is 0 Å². The normalized spacial score (nSPS) is 25.5. The number of rotatable bonds is 3. The summed E-state index contributed by atoms with van der Waals surface area (Å²) >= 11 is 0. The molecule has 4 nitrogen and oxygen atoms in total. The molecule has 0 amide bonds. The molecule has 4 heteroatoms. The van der Waals surface area contributed by atoms with Crippen LogP contribution in [0.2, 0.25) is 0 Å². The van der Waals surface area contributed by atoms with E-state index in [1.165, 1.54) is 44.0 Å². The van der Waals surface area contributed by atoms with Crippen LogP contribution in [0.3, 0.4) is 0 Å². The van der Waals surface area contributed by atoms with E-state index in [1.807, 2.05) is 0 Å². The fourth-order valence-electron chi connectivity index (χ4n) is 3.39. The van der Waals surface area contributed by atoms with Gasteiger partial charge in [0.1, 0.15) is 5.82 Å². The van der Waals surface area contributed by atoms with Gasteiger partial charge in [-0.1, -0.05) is 6.92 Å². The standard InChI is InChI=1S/C15H25N3O/c1-2-17-7-5-12(6-8-17)9-13-10-18-11-14(19)3-4-15(18)16-13/h10,12,14,19H,2-9,11H2,1H3. The zero-order valence-electron chi connectivity index (χ0n) is 11.9. The Bertz CT molecular complexity index is 421. The third kappa shape index (κ3) is 3.00. The maximum atomic E-state index is 9.69. The summed E-state index contributed by atoms with van der Waals surface area (Å²) in [6.07, 6.45) is 7.51. The highest BCUT2D eigenvalue weighted by atomic mass is 16.3. The van der Waals surface area contributed by atoms with Crippen molar-refractivity contribution in [3.05, 3.63) is 17.7 Å². The van der Waals surface area contributed by atoms with E-state index >= 15 is 0 Å². The predicted molar refractivity (Wildman–Crippen MR) is 75.1 cm³/mol. The number of hydrogen-bond acceptors (Lipinski definition) is 3. The second-order valence-corrected chi connectivity index (χ2v) is 6.08. The van der Waals surface area contributed by atoms with E-state index in [2.05, 4.69) is 22.6 Å². The molecule has 19 heavy (non-hydrogen) atoms. The third-order valence-corrected chi connectivity index (χ3v) is 4.67. The van der Waals surface area contributed by atoms with Crippen LogP contribution in [0.5, 0.6) is 0 Å². The molecular weight excluding hydrogens is 238 g/mol. The molecular formula is C15H25N3O. The number of piperidine rings is 1. The Morgan fingerprint density at radius 1 is 1.32 bits per heavy atom. The molecule has 1 aromatic rings. The Kier molecular flexibility index (Phi) is 3.89. The van der Waals surface area contributed by atoms with E-state index in [0.29, 0.717) is 0 Å². The van der Waals surface area contributed by atoms with Crippen LogP contribution in [0.4, 0.5) is 0 Å². The number of hydrogen-bond donors (Lipinski definition) is 1. The molecule has 2 aliphatic rings. The van der Waals surface area contributed by atoms with Crippen molar-refractivity contribution in [1.82, 2.24) is 14.5 Å². The van der Waals surface area contributed by atoms with Gasteiger partial charge in [-0.15, -0.1) is 0 Å². The van der Waals surface area contributed by atoms with Crippen molar-refractivity contribution in [1.29, 1.82) is 0 Å². The second kappa shape index (κ2) is 5.63. The van der Waals surface area contributed by atoms with Crippen molar-refractivity contribution in [2.24, 2.45) is 5.92 Å². The number of aromatic nitrogens is 2. The highest BCUT2D eigenvalue weighted by molar-refractivity contribution is 5.08. The van der Waals surface area contributed by atoms with Crippen molar-refractivity contribution in [2.45, 2.75) is 51.7 Å². The molecule has 1 N–H and O–H groups in total. The fraction of sp³-hybridized carbons (Fsp3) is 0.800. The van der Waals surface area contributed by atoms with Gasteiger partial charge in [-0.2, -0.15) is 0 Å². The van der Waals surface area contributed by atoms with E-state index in [4.69, 9.17) is 4.98 Å². The first-order valence-electron chi connectivity index (χ1n) is 7.70. The first-order chi connectivity index (χ1) is 9.24. The maximum absolute atomic E-state index is 9.69. The monoisotopic (exact) mass is 263 g/mol. The molecule has 2 aliphatic heterocycles. The minimum atomic E-state index is -0.178. The van der Waals surface area contributed by atoms with E-state index in [1.54, 1.807) is 0 Å². The summed E-state index contributed by atoms with van der Waals surface area (Å²) in [5, 5.41) is 9.69. The molecule has 0 saturated carbocycles. The fourth-order valence-corrected chi connectivity index (χ4v) is 3.39. The number of aliphatic hydroxyl groups is 1. The van der Waals surface area contributed by atoms with Gasteiger partial charge in [-0.05, 0) is 51.2 Å². The van der Waals surface area contributed by atoms with Gasteiger partial charge in [0.15, 0.2) is 0 Å². The lowest BCUT2D eigenvalue weighted by Crippen LogP contribution is -2.34. The minimum absolute atomic E-state index is 0.178. The number of aryl methyl sites for hydroxylation is 1. The molecule has 1 fully saturated rings. The molecule has 0 bridgehead atoms. The summed E-state index contributed by atoms with van der Waals surface area (Å²) in [4.78, 5) is 7.29. The van der Waals surface area contributed by atoms with Gasteiger partial charge in [0.25, 0.3) is 0 Å². The van der Waals surface area contributed by atoms with Gasteiger partial charge >= 0.3 is 0 Å². The van der Waals surface area contributed by atoms with Crippen LogP contribution in [-0.4, -0.2) is 45.3 Å². The average Bonchev–Trinajstić information content (AvgIpc) is 2.81. The molecule has 1 saturated heterocycles. The van der Waals surface area contributed by atoms with Gasteiger partial charge in [0.05, 0.1) is 11.8 Å². The van der Waals surface area contributed by atoms with Crippen molar-refractivity contribution in [2.75, 3.05) is 19.6 Å². The minimum Gasteiger partial charge on any atom is -0.391 e. The molecule has 0 aliphatic carbocycles. The molecule has 0 radical (unpaired) electrons. The summed E-state index contributed by atoms with van der Waals surface area (Å²) in [5.41, 5.74) is 1.24. The van der Waals surface area contributed by atoms with Crippen LogP contribution in [0.15, 0.2) is 6.20 Å². The summed E-state index contributed by atoms with van der Waals surface area (Å²) in [6.45, 7) is 6.65. The average molecular weight is 263 g/mol. The van der Waals surface area contributed by atoms with Crippen molar-refractivity contribution in [3.63, 3.8) is 0 Å². The molecule has 106 valence electrons. The molecule has 1 atom stereocenters. The quantitative estimate of drug-likeness (QED) is 0.898. The number of nitrogens with zero attached hydrogens (tertiary/aromatic N) is 3. The molecule has 0 aromatic carbocycles. The lowest BCUT2D eigenvalue weighted by atomic mass is 9.92. The second-order valence-electron chi connectivity index (χ2n) is 6.08. The zero-order valence-corrected chi connectivity index (χ0v) is 11.9. The lowest BCUT2D eigenvalue weighted by Gasteiger charge is -2.30. The predicted octanol–water partition coefficient (Wildman–Crippen LogP) is 1.46. The van der Waals surface area contributed by atoms with Crippen LogP contribution in [0.25, 0.3) is 0 Å². The Morgan fingerprint density at radius 2 is 2.11 bits per heavy atom. The number of likely N-dealkylation sites (tertiary alicyclic amines) is 1. The third-order valence-electron chi connectivity index (χ3n) is 4.67. The van der Waals surface area contributed by atoms with Gasteiger partial charge in [-0.25, -0.2) is 4.98 Å². The molecule has 3 heterocycles. The van der Waals surface area contributed by atoms with Crippen LogP contribution in [-0.2, 0) is 19.4 Å². The van der Waals surface area contributed by atoms with Crippen LogP contribution in [0.1, 0.15) is 37.7 Å². The van der Waals surface area contributed by atoms with E-state index in [9.17, 15) is 5.11 Å². The number of aliphatic hydroxyl groups excluding tert-OH is 1. The summed E-state index contributed by atoms with van der Waals surface area (Å²) in [6, 6.07) is 0. The summed E-state index contributed by atoms with van der Waals surface area (Å²) in [5.74, 6) is 1.97. The maximum Gasteiger partial charge on any atom is 0.109 e. The van der Waals surface area contributed by atoms with E-state index in [-0.39, 0.29) is 6.10 Å². The summed E-state index contributed by atoms with van der Waals surface area (Å²) < 4.78 is 2.16. The molecule has 3 rings (SSSR count). The van der Waals surface area contributed by atoms with Crippen LogP contribution >= 0.6 is 0 Å². The van der Waals surface area contributed by atoms with Gasteiger partial charge < -0.3 is 14.6 Å². The highest BCUT2D eigenvalue weighted by Crippen LogP contribution is 2.23. The Morgan fingerprint density at radius 3 is 2.84 bits per heavy atom. The highest BCUT2D eigenvalue weighted by Gasteiger charge is 2.22. The largest absolute Gasteiger partial charge is 0.391 e. The van der Waals surface area contributed by atoms with E-state index in [0.717, 1.165) is 31.7 Å². The Balaban J connectivity index is 1.59. The molecule has 1 unspecified atom stereocenters. The number of fused-ring (bicyclic) bond motifs is 1. The molecule has 0 spiro atoms. The number of imidazole rings is 1. The smallest absolute Gasteiger partial charge is 0.109 e. The summed E-state index contributed by atoms with van der Waals surface area (Å²) in [7, 11) is 0. The van der Waals surface area contributed by atoms with Crippen molar-refractivity contribution < 1.29 is 5.11 Å². The van der Waals surface area contributed by atoms with Crippen molar-refractivity contribution >= 4 is 0 Å². The zero-order chi connectivity index (χ0) is 13.2. The van der Waals surface area contributed by atoms with Crippen LogP contribution < -0.4 is 0 Å². The van der Waals surface area contributed by atoms with Gasteiger partial charge in [0, 0.05) is 19.2 Å². The topological polar surface area (TPSA) is 41.3 Å². The van der Waals surface area contributed by atoms with Gasteiger partial charge in [-0.3, -0.25) is 0 Å².